The van der Waals surface area contributed by atoms with Gasteiger partial charge in [0.15, 0.2) is 0 Å². The van der Waals surface area contributed by atoms with E-state index in [0.29, 0.717) is 12.5 Å². The summed E-state index contributed by atoms with van der Waals surface area (Å²) in [4.78, 5) is 11.7. The van der Waals surface area contributed by atoms with Crippen molar-refractivity contribution in [3.05, 3.63) is 0 Å². The summed E-state index contributed by atoms with van der Waals surface area (Å²) in [5.41, 5.74) is 5.68. The largest absolute Gasteiger partial charge is 0.466 e. The average molecular weight is 183 g/mol. The summed E-state index contributed by atoms with van der Waals surface area (Å²) < 4.78 is 5.10. The Balaban J connectivity index is 2.14. The van der Waals surface area contributed by atoms with E-state index in [0.717, 1.165) is 25.7 Å². The van der Waals surface area contributed by atoms with E-state index in [9.17, 15) is 4.79 Å². The minimum Gasteiger partial charge on any atom is -0.466 e. The molecule has 3 atom stereocenters. The smallest absolute Gasteiger partial charge is 0.313 e. The van der Waals surface area contributed by atoms with E-state index >= 15 is 0 Å². The third-order valence-electron chi connectivity index (χ3n) is 3.63. The zero-order valence-electron chi connectivity index (χ0n) is 8.08. The zero-order valence-corrected chi connectivity index (χ0v) is 8.08. The molecular formula is C10H17NO2. The second kappa shape index (κ2) is 2.98. The van der Waals surface area contributed by atoms with Crippen molar-refractivity contribution in [3.63, 3.8) is 0 Å². The lowest BCUT2D eigenvalue weighted by atomic mass is 9.80. The highest BCUT2D eigenvalue weighted by Crippen LogP contribution is 2.53. The maximum atomic E-state index is 11.7. The molecule has 2 bridgehead atoms. The van der Waals surface area contributed by atoms with Crippen LogP contribution in [-0.4, -0.2) is 18.6 Å². The summed E-state index contributed by atoms with van der Waals surface area (Å²) in [6.45, 7) is 2.32. The molecule has 2 aliphatic rings. The molecule has 13 heavy (non-hydrogen) atoms. The lowest BCUT2D eigenvalue weighted by molar-refractivity contribution is -0.155. The third kappa shape index (κ3) is 1.17. The lowest BCUT2D eigenvalue weighted by Gasteiger charge is -2.29. The van der Waals surface area contributed by atoms with Crippen LogP contribution in [0.15, 0.2) is 0 Å². The second-order valence-corrected chi connectivity index (χ2v) is 4.33. The summed E-state index contributed by atoms with van der Waals surface area (Å²) in [6.07, 6.45) is 4.08. The summed E-state index contributed by atoms with van der Waals surface area (Å²) >= 11 is 0. The SMILES string of the molecule is CCOC(=O)C12CCC(CC1N)C2. The van der Waals surface area contributed by atoms with Crippen molar-refractivity contribution in [1.29, 1.82) is 0 Å². The number of hydrogen-bond acceptors (Lipinski definition) is 3. The van der Waals surface area contributed by atoms with Gasteiger partial charge in [-0.1, -0.05) is 0 Å². The van der Waals surface area contributed by atoms with E-state index < -0.39 is 0 Å². The fourth-order valence-electron chi connectivity index (χ4n) is 2.92. The molecule has 0 heterocycles. The van der Waals surface area contributed by atoms with Crippen molar-refractivity contribution in [1.82, 2.24) is 0 Å². The van der Waals surface area contributed by atoms with Crippen molar-refractivity contribution in [2.75, 3.05) is 6.61 Å². The Hall–Kier alpha value is -0.570. The van der Waals surface area contributed by atoms with Crippen molar-refractivity contribution in [2.45, 2.75) is 38.6 Å². The first-order valence-electron chi connectivity index (χ1n) is 5.12. The Morgan fingerprint density at radius 1 is 1.69 bits per heavy atom. The van der Waals surface area contributed by atoms with Crippen LogP contribution in [0.4, 0.5) is 0 Å². The zero-order chi connectivity index (χ0) is 9.47. The van der Waals surface area contributed by atoms with Crippen LogP contribution in [0, 0.1) is 11.3 Å². The molecule has 2 fully saturated rings. The van der Waals surface area contributed by atoms with Gasteiger partial charge in [0.25, 0.3) is 0 Å². The molecule has 0 aromatic rings. The number of fused-ring (bicyclic) bond motifs is 2. The first-order valence-corrected chi connectivity index (χ1v) is 5.12. The van der Waals surface area contributed by atoms with Gasteiger partial charge in [-0.15, -0.1) is 0 Å². The summed E-state index contributed by atoms with van der Waals surface area (Å²) in [7, 11) is 0. The Morgan fingerprint density at radius 2 is 2.46 bits per heavy atom. The molecule has 74 valence electrons. The molecule has 3 nitrogen and oxygen atoms in total. The van der Waals surface area contributed by atoms with E-state index in [1.165, 1.54) is 0 Å². The molecule has 2 rings (SSSR count). The van der Waals surface area contributed by atoms with Crippen LogP contribution in [0.1, 0.15) is 32.6 Å². The highest BCUT2D eigenvalue weighted by molar-refractivity contribution is 5.79. The van der Waals surface area contributed by atoms with Crippen LogP contribution in [-0.2, 0) is 9.53 Å². The highest BCUT2D eigenvalue weighted by Gasteiger charge is 2.56. The van der Waals surface area contributed by atoms with Gasteiger partial charge in [0.05, 0.1) is 12.0 Å². The lowest BCUT2D eigenvalue weighted by Crippen LogP contribution is -2.44. The molecular weight excluding hydrogens is 166 g/mol. The van der Waals surface area contributed by atoms with E-state index in [1.807, 2.05) is 6.92 Å². The third-order valence-corrected chi connectivity index (χ3v) is 3.63. The van der Waals surface area contributed by atoms with Gasteiger partial charge in [-0.3, -0.25) is 4.79 Å². The fourth-order valence-corrected chi connectivity index (χ4v) is 2.92. The molecule has 3 unspecified atom stereocenters. The molecule has 0 amide bonds. The summed E-state index contributed by atoms with van der Waals surface area (Å²) in [5.74, 6) is 0.627. The molecule has 0 aromatic carbocycles. The Morgan fingerprint density at radius 3 is 2.92 bits per heavy atom. The number of carbonyl (C=O) groups excluding carboxylic acids is 1. The molecule has 3 heteroatoms. The first kappa shape index (κ1) is 9.00. The molecule has 2 saturated carbocycles. The molecule has 2 N–H and O–H groups in total. The molecule has 0 radical (unpaired) electrons. The van der Waals surface area contributed by atoms with Crippen LogP contribution in [0.3, 0.4) is 0 Å². The van der Waals surface area contributed by atoms with E-state index in [1.54, 1.807) is 0 Å². The Bertz CT molecular complexity index is 229. The Kier molecular flexibility index (Phi) is 2.06. The normalized spacial score (nSPS) is 42.3. The second-order valence-electron chi connectivity index (χ2n) is 4.33. The number of esters is 1. The minimum absolute atomic E-state index is 0.0466. The predicted octanol–water partition coefficient (Wildman–Crippen LogP) is 1.07. The summed E-state index contributed by atoms with van der Waals surface area (Å²) in [5, 5.41) is 0. The van der Waals surface area contributed by atoms with Crippen LogP contribution in [0.5, 0.6) is 0 Å². The molecule has 0 saturated heterocycles. The molecule has 0 spiro atoms. The molecule has 2 aliphatic carbocycles. The number of carbonyl (C=O) groups is 1. The van der Waals surface area contributed by atoms with Crippen molar-refractivity contribution in [2.24, 2.45) is 17.1 Å². The van der Waals surface area contributed by atoms with Gasteiger partial charge in [0.2, 0.25) is 0 Å². The van der Waals surface area contributed by atoms with Crippen LogP contribution >= 0.6 is 0 Å². The quantitative estimate of drug-likeness (QED) is 0.651. The predicted molar refractivity (Wildman–Crippen MR) is 49.0 cm³/mol. The highest BCUT2D eigenvalue weighted by atomic mass is 16.5. The van der Waals surface area contributed by atoms with E-state index in [4.69, 9.17) is 10.5 Å². The first-order chi connectivity index (χ1) is 6.19. The number of rotatable bonds is 2. The van der Waals surface area contributed by atoms with Gasteiger partial charge in [-0.2, -0.15) is 0 Å². The van der Waals surface area contributed by atoms with Crippen LogP contribution in [0.25, 0.3) is 0 Å². The van der Waals surface area contributed by atoms with E-state index in [-0.39, 0.29) is 17.4 Å². The van der Waals surface area contributed by atoms with Gasteiger partial charge in [-0.25, -0.2) is 0 Å². The van der Waals surface area contributed by atoms with Crippen LogP contribution in [0.2, 0.25) is 0 Å². The van der Waals surface area contributed by atoms with Gasteiger partial charge in [-0.05, 0) is 38.5 Å². The maximum Gasteiger partial charge on any atom is 0.313 e. The minimum atomic E-state index is -0.305. The monoisotopic (exact) mass is 183 g/mol. The van der Waals surface area contributed by atoms with Gasteiger partial charge < -0.3 is 10.5 Å². The van der Waals surface area contributed by atoms with Crippen molar-refractivity contribution >= 4 is 5.97 Å². The standard InChI is InChI=1S/C10H17NO2/c1-2-13-9(12)10-4-3-7(6-10)5-8(10)11/h7-8H,2-6,11H2,1H3. The molecule has 0 aromatic heterocycles. The average Bonchev–Trinajstić information content (AvgIpc) is 2.62. The van der Waals surface area contributed by atoms with Crippen molar-refractivity contribution in [3.8, 4) is 0 Å². The fraction of sp³-hybridized carbons (Fsp3) is 0.900. The maximum absolute atomic E-state index is 11.7. The number of nitrogens with two attached hydrogens (primary N) is 1. The summed E-state index contributed by atoms with van der Waals surface area (Å²) in [6, 6.07) is 0.0466. The van der Waals surface area contributed by atoms with Gasteiger partial charge in [0, 0.05) is 6.04 Å². The number of ether oxygens (including phenoxy) is 1. The molecule has 0 aliphatic heterocycles. The van der Waals surface area contributed by atoms with Crippen molar-refractivity contribution < 1.29 is 9.53 Å². The van der Waals surface area contributed by atoms with E-state index in [2.05, 4.69) is 0 Å². The van der Waals surface area contributed by atoms with Gasteiger partial charge in [0.1, 0.15) is 0 Å². The van der Waals surface area contributed by atoms with Gasteiger partial charge >= 0.3 is 5.97 Å². The topological polar surface area (TPSA) is 52.3 Å². The Labute approximate surface area is 78.6 Å². The van der Waals surface area contributed by atoms with Crippen LogP contribution < -0.4 is 5.73 Å². The number of hydrogen-bond donors (Lipinski definition) is 1.